The van der Waals surface area contributed by atoms with Crippen molar-refractivity contribution in [2.75, 3.05) is 20.2 Å². The normalized spacial score (nSPS) is 11.5. The number of hydrogen-bond acceptors (Lipinski definition) is 4. The second-order valence-corrected chi connectivity index (χ2v) is 7.83. The molecule has 166 valence electrons. The Morgan fingerprint density at radius 2 is 1.58 bits per heavy atom. The smallest absolute Gasteiger partial charge is 0.125 e. The van der Waals surface area contributed by atoms with Crippen LogP contribution in [-0.4, -0.2) is 25.1 Å². The number of nitrogens with two attached hydrogens (primary N) is 2. The van der Waals surface area contributed by atoms with Crippen LogP contribution in [0.15, 0.2) is 78.9 Å². The van der Waals surface area contributed by atoms with Crippen LogP contribution >= 0.6 is 11.6 Å². The fraction of sp³-hybridized carbons (Fsp3) is 0.308. The summed E-state index contributed by atoms with van der Waals surface area (Å²) in [6.45, 7) is 4.83. The van der Waals surface area contributed by atoms with Crippen molar-refractivity contribution in [1.82, 2.24) is 4.90 Å². The highest BCUT2D eigenvalue weighted by molar-refractivity contribution is 6.31. The molecule has 0 fully saturated rings. The van der Waals surface area contributed by atoms with Crippen molar-refractivity contribution in [2.45, 2.75) is 32.5 Å². The van der Waals surface area contributed by atoms with E-state index in [2.05, 4.69) is 55.3 Å². The van der Waals surface area contributed by atoms with Crippen molar-refractivity contribution in [1.29, 1.82) is 0 Å². The minimum absolute atomic E-state index is 0.209. The molecule has 31 heavy (non-hydrogen) atoms. The molecule has 0 radical (unpaired) electrons. The molecule has 5 heteroatoms. The summed E-state index contributed by atoms with van der Waals surface area (Å²) in [7, 11) is 2.08. The lowest BCUT2D eigenvalue weighted by atomic mass is 10.1. The third-order valence-electron chi connectivity index (χ3n) is 4.97. The maximum absolute atomic E-state index is 6.11. The lowest BCUT2D eigenvalue weighted by Crippen LogP contribution is -2.24. The number of likely N-dealkylation sites (N-methyl/N-ethyl adjacent to an activating group) is 1. The molecule has 4 nitrogen and oxygen atoms in total. The summed E-state index contributed by atoms with van der Waals surface area (Å²) in [4.78, 5) is 2.22. The van der Waals surface area contributed by atoms with E-state index in [0.717, 1.165) is 30.8 Å². The maximum atomic E-state index is 6.11. The Morgan fingerprint density at radius 1 is 0.935 bits per heavy atom. The van der Waals surface area contributed by atoms with Crippen molar-refractivity contribution >= 4 is 11.6 Å². The van der Waals surface area contributed by atoms with Crippen LogP contribution in [0, 0.1) is 0 Å². The second-order valence-electron chi connectivity index (χ2n) is 7.42. The maximum Gasteiger partial charge on any atom is 0.125 e. The molecule has 0 aromatic heterocycles. The average Bonchev–Trinajstić information content (AvgIpc) is 2.80. The highest BCUT2D eigenvalue weighted by atomic mass is 35.5. The number of nitrogens with zero attached hydrogens (tertiary/aromatic N) is 1. The highest BCUT2D eigenvalue weighted by Crippen LogP contribution is 2.25. The van der Waals surface area contributed by atoms with Gasteiger partial charge < -0.3 is 16.2 Å². The Kier molecular flexibility index (Phi) is 11.1. The number of benzene rings is 3. The number of hydrogen-bond donors (Lipinski definition) is 2. The molecule has 1 atom stereocenters. The number of rotatable bonds is 9. The van der Waals surface area contributed by atoms with Gasteiger partial charge in [-0.15, -0.1) is 0 Å². The van der Waals surface area contributed by atoms with Gasteiger partial charge in [0.15, 0.2) is 0 Å². The summed E-state index contributed by atoms with van der Waals surface area (Å²) in [5.41, 5.74) is 14.9. The van der Waals surface area contributed by atoms with E-state index >= 15 is 0 Å². The molecule has 0 saturated carbocycles. The molecule has 0 aliphatic rings. The lowest BCUT2D eigenvalue weighted by molar-refractivity contribution is 0.231. The minimum Gasteiger partial charge on any atom is -0.492 e. The second kappa shape index (κ2) is 13.8. The van der Waals surface area contributed by atoms with Gasteiger partial charge in [-0.2, -0.15) is 0 Å². The molecule has 0 amide bonds. The molecule has 0 heterocycles. The van der Waals surface area contributed by atoms with Crippen LogP contribution in [0.4, 0.5) is 0 Å². The van der Waals surface area contributed by atoms with E-state index in [9.17, 15) is 0 Å². The van der Waals surface area contributed by atoms with Gasteiger partial charge >= 0.3 is 0 Å². The first-order valence-electron chi connectivity index (χ1n) is 10.7. The molecule has 1 unspecified atom stereocenters. The van der Waals surface area contributed by atoms with Crippen molar-refractivity contribution in [3.8, 4) is 5.75 Å². The Hall–Kier alpha value is -2.37. The predicted octanol–water partition coefficient (Wildman–Crippen LogP) is 5.41. The Bertz CT molecular complexity index is 874. The fourth-order valence-electron chi connectivity index (χ4n) is 3.09. The quantitative estimate of drug-likeness (QED) is 0.468. The molecular formula is C26H34ClN3O. The minimum atomic E-state index is 0.209. The summed E-state index contributed by atoms with van der Waals surface area (Å²) < 4.78 is 5.81. The van der Waals surface area contributed by atoms with Crippen LogP contribution in [0.3, 0.4) is 0 Å². The van der Waals surface area contributed by atoms with Gasteiger partial charge in [-0.25, -0.2) is 0 Å². The van der Waals surface area contributed by atoms with Crippen LogP contribution in [-0.2, 0) is 13.1 Å². The number of ether oxygens (including phenoxy) is 1. The third kappa shape index (κ3) is 8.72. The molecule has 0 saturated heterocycles. The number of halogens is 1. The first-order valence-corrected chi connectivity index (χ1v) is 11.1. The lowest BCUT2D eigenvalue weighted by Gasteiger charge is -2.18. The van der Waals surface area contributed by atoms with Crippen molar-refractivity contribution in [3.63, 3.8) is 0 Å². The fourth-order valence-corrected chi connectivity index (χ4v) is 3.34. The van der Waals surface area contributed by atoms with Gasteiger partial charge in [-0.1, -0.05) is 85.3 Å². The summed E-state index contributed by atoms with van der Waals surface area (Å²) in [6, 6.07) is 26.4. The van der Waals surface area contributed by atoms with E-state index in [0.29, 0.717) is 18.2 Å². The zero-order chi connectivity index (χ0) is 22.5. The molecule has 0 aliphatic heterocycles. The van der Waals surface area contributed by atoms with E-state index in [1.807, 2.05) is 42.5 Å². The van der Waals surface area contributed by atoms with Crippen LogP contribution in [0.5, 0.6) is 5.75 Å². The molecule has 3 aromatic rings. The zero-order valence-electron chi connectivity index (χ0n) is 18.5. The van der Waals surface area contributed by atoms with E-state index in [-0.39, 0.29) is 6.04 Å². The van der Waals surface area contributed by atoms with Gasteiger partial charge in [0.05, 0.1) is 0 Å². The Morgan fingerprint density at radius 3 is 2.19 bits per heavy atom. The predicted molar refractivity (Wildman–Crippen MR) is 131 cm³/mol. The average molecular weight is 440 g/mol. The topological polar surface area (TPSA) is 64.5 Å². The molecule has 3 aromatic carbocycles. The highest BCUT2D eigenvalue weighted by Gasteiger charge is 2.07. The van der Waals surface area contributed by atoms with E-state index < -0.39 is 0 Å². The zero-order valence-corrected chi connectivity index (χ0v) is 19.3. The van der Waals surface area contributed by atoms with Crippen LogP contribution in [0.2, 0.25) is 5.02 Å². The molecule has 0 aliphatic carbocycles. The molecule has 0 spiro atoms. The first-order chi connectivity index (χ1) is 15.0. The summed E-state index contributed by atoms with van der Waals surface area (Å²) in [5, 5.41) is 0.660. The summed E-state index contributed by atoms with van der Waals surface area (Å²) >= 11 is 6.11. The summed E-state index contributed by atoms with van der Waals surface area (Å²) in [5.74, 6) is 0.776. The largest absolute Gasteiger partial charge is 0.492 e. The van der Waals surface area contributed by atoms with Gasteiger partial charge in [0.1, 0.15) is 12.4 Å². The molecule has 0 bridgehead atoms. The van der Waals surface area contributed by atoms with Crippen LogP contribution in [0.1, 0.15) is 36.1 Å². The molecule has 3 rings (SSSR count). The van der Waals surface area contributed by atoms with Gasteiger partial charge in [-0.05, 0) is 36.7 Å². The van der Waals surface area contributed by atoms with Gasteiger partial charge in [0.25, 0.3) is 0 Å². The van der Waals surface area contributed by atoms with E-state index in [4.69, 9.17) is 27.8 Å². The first kappa shape index (κ1) is 24.9. The van der Waals surface area contributed by atoms with Crippen LogP contribution in [0.25, 0.3) is 0 Å². The standard InChI is InChI=1S/C17H21ClN2O.C9H13N/c1-20(13-14-6-3-2-4-7-14)10-11-21-17-9-5-8-16(18)15(17)12-19;1-2-9(10)8-6-4-3-5-7-8/h2-9H,10-13,19H2,1H3;3-7,9H,2,10H2,1H3. The van der Waals surface area contributed by atoms with Gasteiger partial charge in [0.2, 0.25) is 0 Å². The van der Waals surface area contributed by atoms with Gasteiger partial charge in [0, 0.05) is 36.3 Å². The van der Waals surface area contributed by atoms with E-state index in [1.165, 1.54) is 11.1 Å². The SMILES string of the molecule is CCC(N)c1ccccc1.CN(CCOc1cccc(Cl)c1CN)Cc1ccccc1. The molecular weight excluding hydrogens is 406 g/mol. The third-order valence-corrected chi connectivity index (χ3v) is 5.33. The van der Waals surface area contributed by atoms with Gasteiger partial charge in [-0.3, -0.25) is 4.90 Å². The Balaban J connectivity index is 0.000000285. The van der Waals surface area contributed by atoms with E-state index in [1.54, 1.807) is 0 Å². The summed E-state index contributed by atoms with van der Waals surface area (Å²) in [6.07, 6.45) is 1.00. The molecule has 4 N–H and O–H groups in total. The van der Waals surface area contributed by atoms with Crippen molar-refractivity contribution in [3.05, 3.63) is 101 Å². The van der Waals surface area contributed by atoms with Crippen LogP contribution < -0.4 is 16.2 Å². The monoisotopic (exact) mass is 439 g/mol. The van der Waals surface area contributed by atoms with Crippen molar-refractivity contribution < 1.29 is 4.74 Å². The Labute approximate surface area is 191 Å². The van der Waals surface area contributed by atoms with Crippen molar-refractivity contribution in [2.24, 2.45) is 11.5 Å².